The van der Waals surface area contributed by atoms with E-state index < -0.39 is 0 Å². The summed E-state index contributed by atoms with van der Waals surface area (Å²) < 4.78 is 0. The Morgan fingerprint density at radius 2 is 2.00 bits per heavy atom. The Bertz CT molecular complexity index is 606. The fourth-order valence-electron chi connectivity index (χ4n) is 2.79. The summed E-state index contributed by atoms with van der Waals surface area (Å²) in [5, 5.41) is 6.48. The standard InChI is InChI=1S/C17H21N3O/c1-12-11-18-10-9-14(12)20-17(21)16-8-7-15(19-16)13-5-3-2-4-6-13/h2-8,12,14,18-19H,9-11H2,1H3,(H,20,21). The van der Waals surface area contributed by atoms with Gasteiger partial charge < -0.3 is 15.6 Å². The highest BCUT2D eigenvalue weighted by Crippen LogP contribution is 2.18. The highest BCUT2D eigenvalue weighted by atomic mass is 16.1. The maximum absolute atomic E-state index is 12.3. The zero-order valence-electron chi connectivity index (χ0n) is 12.2. The SMILES string of the molecule is CC1CNCCC1NC(=O)c1ccc(-c2ccccc2)[nH]1. The summed E-state index contributed by atoms with van der Waals surface area (Å²) >= 11 is 0. The summed E-state index contributed by atoms with van der Waals surface area (Å²) in [6, 6.07) is 14.1. The smallest absolute Gasteiger partial charge is 0.267 e. The van der Waals surface area contributed by atoms with E-state index in [0.717, 1.165) is 30.8 Å². The topological polar surface area (TPSA) is 56.9 Å². The van der Waals surface area contributed by atoms with Gasteiger partial charge in [0.25, 0.3) is 5.91 Å². The molecule has 1 aliphatic rings. The molecule has 2 aromatic rings. The van der Waals surface area contributed by atoms with E-state index >= 15 is 0 Å². The van der Waals surface area contributed by atoms with Crippen molar-refractivity contribution in [2.75, 3.05) is 13.1 Å². The van der Waals surface area contributed by atoms with Crippen LogP contribution in [-0.2, 0) is 0 Å². The second-order valence-corrected chi connectivity index (χ2v) is 5.70. The fraction of sp³-hybridized carbons (Fsp3) is 0.353. The highest BCUT2D eigenvalue weighted by Gasteiger charge is 2.23. The minimum absolute atomic E-state index is 0.0177. The monoisotopic (exact) mass is 283 g/mol. The second-order valence-electron chi connectivity index (χ2n) is 5.70. The first-order valence-corrected chi connectivity index (χ1v) is 7.50. The molecule has 1 amide bonds. The largest absolute Gasteiger partial charge is 0.351 e. The third-order valence-corrected chi connectivity index (χ3v) is 4.12. The third kappa shape index (κ3) is 3.16. The van der Waals surface area contributed by atoms with Gasteiger partial charge in [0.2, 0.25) is 0 Å². The van der Waals surface area contributed by atoms with Crippen LogP contribution in [-0.4, -0.2) is 30.0 Å². The summed E-state index contributed by atoms with van der Waals surface area (Å²) in [6.45, 7) is 4.10. The molecule has 3 N–H and O–H groups in total. The Morgan fingerprint density at radius 1 is 1.19 bits per heavy atom. The molecule has 0 radical (unpaired) electrons. The molecule has 1 saturated heterocycles. The molecule has 1 aliphatic heterocycles. The van der Waals surface area contributed by atoms with Crippen molar-refractivity contribution in [1.82, 2.24) is 15.6 Å². The quantitative estimate of drug-likeness (QED) is 0.810. The Labute approximate surface area is 125 Å². The normalized spacial score (nSPS) is 22.0. The summed E-state index contributed by atoms with van der Waals surface area (Å²) in [4.78, 5) is 15.5. The minimum atomic E-state index is -0.0177. The maximum Gasteiger partial charge on any atom is 0.267 e. The number of amides is 1. The van der Waals surface area contributed by atoms with E-state index in [1.165, 1.54) is 0 Å². The number of hydrogen-bond acceptors (Lipinski definition) is 2. The Hall–Kier alpha value is -2.07. The van der Waals surface area contributed by atoms with Crippen LogP contribution in [0.15, 0.2) is 42.5 Å². The summed E-state index contributed by atoms with van der Waals surface area (Å²) in [5.74, 6) is 0.446. The summed E-state index contributed by atoms with van der Waals surface area (Å²) in [7, 11) is 0. The molecule has 4 nitrogen and oxygen atoms in total. The van der Waals surface area contributed by atoms with E-state index in [1.807, 2.05) is 42.5 Å². The van der Waals surface area contributed by atoms with Crippen LogP contribution in [0.5, 0.6) is 0 Å². The van der Waals surface area contributed by atoms with Crippen LogP contribution in [0.25, 0.3) is 11.3 Å². The number of aromatic amines is 1. The van der Waals surface area contributed by atoms with Crippen molar-refractivity contribution in [3.8, 4) is 11.3 Å². The molecule has 1 fully saturated rings. The van der Waals surface area contributed by atoms with E-state index in [1.54, 1.807) is 0 Å². The lowest BCUT2D eigenvalue weighted by Gasteiger charge is -2.30. The number of aromatic nitrogens is 1. The van der Waals surface area contributed by atoms with Crippen molar-refractivity contribution in [2.45, 2.75) is 19.4 Å². The van der Waals surface area contributed by atoms with E-state index in [-0.39, 0.29) is 11.9 Å². The van der Waals surface area contributed by atoms with Crippen molar-refractivity contribution < 1.29 is 4.79 Å². The van der Waals surface area contributed by atoms with Gasteiger partial charge in [-0.15, -0.1) is 0 Å². The van der Waals surface area contributed by atoms with E-state index in [2.05, 4.69) is 22.5 Å². The lowest BCUT2D eigenvalue weighted by atomic mass is 9.95. The van der Waals surface area contributed by atoms with Gasteiger partial charge in [-0.1, -0.05) is 37.3 Å². The van der Waals surface area contributed by atoms with Crippen LogP contribution in [0.1, 0.15) is 23.8 Å². The number of piperidine rings is 1. The summed E-state index contributed by atoms with van der Waals surface area (Å²) in [5.41, 5.74) is 2.69. The molecule has 0 aliphatic carbocycles. The maximum atomic E-state index is 12.3. The van der Waals surface area contributed by atoms with Gasteiger partial charge in [-0.25, -0.2) is 0 Å². The molecule has 1 aromatic heterocycles. The highest BCUT2D eigenvalue weighted by molar-refractivity contribution is 5.93. The molecular formula is C17H21N3O. The Kier molecular flexibility index (Phi) is 4.06. The number of carbonyl (C=O) groups excluding carboxylic acids is 1. The molecule has 2 atom stereocenters. The minimum Gasteiger partial charge on any atom is -0.351 e. The first kappa shape index (κ1) is 13.9. The van der Waals surface area contributed by atoms with Gasteiger partial charge in [-0.3, -0.25) is 4.79 Å². The number of hydrogen-bond donors (Lipinski definition) is 3. The number of carbonyl (C=O) groups is 1. The zero-order valence-corrected chi connectivity index (χ0v) is 12.2. The molecular weight excluding hydrogens is 262 g/mol. The molecule has 3 rings (SSSR count). The first-order chi connectivity index (χ1) is 10.2. The molecule has 0 saturated carbocycles. The first-order valence-electron chi connectivity index (χ1n) is 7.50. The molecule has 21 heavy (non-hydrogen) atoms. The Morgan fingerprint density at radius 3 is 2.76 bits per heavy atom. The lowest BCUT2D eigenvalue weighted by Crippen LogP contribution is -2.48. The Balaban J connectivity index is 1.69. The van der Waals surface area contributed by atoms with Crippen LogP contribution < -0.4 is 10.6 Å². The van der Waals surface area contributed by atoms with Crippen molar-refractivity contribution in [1.29, 1.82) is 0 Å². The lowest BCUT2D eigenvalue weighted by molar-refractivity contribution is 0.0910. The molecule has 0 bridgehead atoms. The van der Waals surface area contributed by atoms with Crippen molar-refractivity contribution in [3.63, 3.8) is 0 Å². The van der Waals surface area contributed by atoms with E-state index in [9.17, 15) is 4.79 Å². The zero-order chi connectivity index (χ0) is 14.7. The molecule has 4 heteroatoms. The predicted molar refractivity (Wildman–Crippen MR) is 84.1 cm³/mol. The molecule has 1 aromatic carbocycles. The molecule has 2 unspecified atom stereocenters. The van der Waals surface area contributed by atoms with Crippen molar-refractivity contribution in [2.24, 2.45) is 5.92 Å². The number of rotatable bonds is 3. The van der Waals surface area contributed by atoms with Gasteiger partial charge in [-0.2, -0.15) is 0 Å². The van der Waals surface area contributed by atoms with Gasteiger partial charge in [0.1, 0.15) is 5.69 Å². The second kappa shape index (κ2) is 6.14. The van der Waals surface area contributed by atoms with Crippen LogP contribution in [0.3, 0.4) is 0 Å². The van der Waals surface area contributed by atoms with Gasteiger partial charge >= 0.3 is 0 Å². The predicted octanol–water partition coefficient (Wildman–Crippen LogP) is 2.41. The van der Waals surface area contributed by atoms with Gasteiger partial charge in [-0.05, 0) is 43.1 Å². The average molecular weight is 283 g/mol. The number of benzene rings is 1. The van der Waals surface area contributed by atoms with Crippen LogP contribution in [0, 0.1) is 5.92 Å². The molecule has 0 spiro atoms. The van der Waals surface area contributed by atoms with E-state index in [4.69, 9.17) is 0 Å². The fourth-order valence-corrected chi connectivity index (χ4v) is 2.79. The average Bonchev–Trinajstić information content (AvgIpc) is 3.00. The molecule has 110 valence electrons. The van der Waals surface area contributed by atoms with Crippen LogP contribution in [0.2, 0.25) is 0 Å². The summed E-state index contributed by atoms with van der Waals surface area (Å²) in [6.07, 6.45) is 0.985. The van der Waals surface area contributed by atoms with Gasteiger partial charge in [0.05, 0.1) is 0 Å². The molecule has 2 heterocycles. The number of H-pyrrole nitrogens is 1. The van der Waals surface area contributed by atoms with Gasteiger partial charge in [0.15, 0.2) is 0 Å². The van der Waals surface area contributed by atoms with Crippen molar-refractivity contribution in [3.05, 3.63) is 48.2 Å². The van der Waals surface area contributed by atoms with E-state index in [0.29, 0.717) is 11.6 Å². The van der Waals surface area contributed by atoms with Crippen molar-refractivity contribution >= 4 is 5.91 Å². The van der Waals surface area contributed by atoms with Crippen LogP contribution in [0.4, 0.5) is 0 Å². The van der Waals surface area contributed by atoms with Gasteiger partial charge in [0, 0.05) is 11.7 Å². The third-order valence-electron chi connectivity index (χ3n) is 4.12. The van der Waals surface area contributed by atoms with Crippen LogP contribution >= 0.6 is 0 Å². The number of nitrogens with one attached hydrogen (secondary N) is 3.